The molecule has 0 aromatic heterocycles. The van der Waals surface area contributed by atoms with E-state index in [2.05, 4.69) is 17.4 Å². The molecule has 5 heteroatoms. The summed E-state index contributed by atoms with van der Waals surface area (Å²) in [4.78, 5) is 10.7. The maximum absolute atomic E-state index is 12.3. The van der Waals surface area contributed by atoms with Crippen molar-refractivity contribution in [2.75, 3.05) is 6.61 Å². The lowest BCUT2D eigenvalue weighted by atomic mass is 9.90. The monoisotopic (exact) mass is 224 g/mol. The molecule has 0 spiro atoms. The number of hydrogen-bond donors (Lipinski definition) is 1. The van der Waals surface area contributed by atoms with Gasteiger partial charge in [-0.3, -0.25) is 0 Å². The molecule has 0 aromatic carbocycles. The highest BCUT2D eigenvalue weighted by molar-refractivity contribution is 7.82. The van der Waals surface area contributed by atoms with Gasteiger partial charge in [0.2, 0.25) is 0 Å². The van der Waals surface area contributed by atoms with Crippen molar-refractivity contribution in [2.45, 2.75) is 37.4 Å². The topological polar surface area (TPSA) is 26.3 Å². The third-order valence-electron chi connectivity index (χ3n) is 2.42. The fraction of sp³-hybridized carbons (Fsp3) is 0.889. The Morgan fingerprint density at radius 2 is 1.93 bits per heavy atom. The predicted octanol–water partition coefficient (Wildman–Crippen LogP) is 2.63. The molecular formula is C9H14F2O2S. The first kappa shape index (κ1) is 11.8. The van der Waals surface area contributed by atoms with E-state index in [9.17, 15) is 13.6 Å². The number of hydrogen-bond acceptors (Lipinski definition) is 3. The Morgan fingerprint density at radius 1 is 1.36 bits per heavy atom. The first-order valence-electron chi connectivity index (χ1n) is 4.77. The summed E-state index contributed by atoms with van der Waals surface area (Å²) in [5, 5.41) is -3.66. The second kappa shape index (κ2) is 4.96. The number of alkyl halides is 2. The molecular weight excluding hydrogens is 210 g/mol. The Balaban J connectivity index is 2.22. The van der Waals surface area contributed by atoms with E-state index in [0.717, 1.165) is 25.7 Å². The van der Waals surface area contributed by atoms with Crippen molar-refractivity contribution in [3.8, 4) is 0 Å². The van der Waals surface area contributed by atoms with Crippen molar-refractivity contribution in [1.29, 1.82) is 0 Å². The maximum atomic E-state index is 12.3. The van der Waals surface area contributed by atoms with Crippen LogP contribution in [0.15, 0.2) is 0 Å². The molecule has 0 aliphatic heterocycles. The molecule has 0 amide bonds. The van der Waals surface area contributed by atoms with Gasteiger partial charge in [0.15, 0.2) is 0 Å². The van der Waals surface area contributed by atoms with Gasteiger partial charge in [0.1, 0.15) is 0 Å². The van der Waals surface area contributed by atoms with Gasteiger partial charge in [-0.15, -0.1) is 0 Å². The molecule has 0 aromatic rings. The fourth-order valence-corrected chi connectivity index (χ4v) is 1.70. The van der Waals surface area contributed by atoms with E-state index in [1.165, 1.54) is 6.42 Å². The molecule has 1 fully saturated rings. The molecule has 1 aliphatic rings. The lowest BCUT2D eigenvalue weighted by molar-refractivity contribution is -0.161. The lowest BCUT2D eigenvalue weighted by Crippen LogP contribution is -2.27. The van der Waals surface area contributed by atoms with E-state index in [1.54, 1.807) is 0 Å². The third kappa shape index (κ3) is 3.82. The minimum atomic E-state index is -3.66. The van der Waals surface area contributed by atoms with Crippen molar-refractivity contribution < 1.29 is 18.3 Å². The van der Waals surface area contributed by atoms with Crippen LogP contribution in [0, 0.1) is 5.92 Å². The van der Waals surface area contributed by atoms with Crippen LogP contribution in [-0.2, 0) is 9.53 Å². The Morgan fingerprint density at radius 3 is 2.43 bits per heavy atom. The van der Waals surface area contributed by atoms with Crippen LogP contribution in [0.5, 0.6) is 0 Å². The summed E-state index contributed by atoms with van der Waals surface area (Å²) in [6.07, 6.45) is 5.31. The highest BCUT2D eigenvalue weighted by Crippen LogP contribution is 2.25. The molecule has 0 heterocycles. The summed E-state index contributed by atoms with van der Waals surface area (Å²) < 4.78 is 29.0. The number of esters is 1. The van der Waals surface area contributed by atoms with E-state index in [0.29, 0.717) is 0 Å². The zero-order valence-electron chi connectivity index (χ0n) is 7.84. The number of halogens is 2. The molecule has 82 valence electrons. The van der Waals surface area contributed by atoms with Gasteiger partial charge >= 0.3 is 11.2 Å². The standard InChI is InChI=1S/C9H14F2O2S/c10-9(11,14)8(12)13-6-7-4-2-1-3-5-7/h7,14H,1-6H2. The fourth-order valence-electron chi connectivity index (χ4n) is 1.63. The zero-order valence-corrected chi connectivity index (χ0v) is 8.73. The molecule has 1 aliphatic carbocycles. The van der Waals surface area contributed by atoms with Crippen molar-refractivity contribution in [1.82, 2.24) is 0 Å². The van der Waals surface area contributed by atoms with E-state index < -0.39 is 11.2 Å². The molecule has 1 saturated carbocycles. The summed E-state index contributed by atoms with van der Waals surface area (Å²) >= 11 is 2.84. The second-order valence-electron chi connectivity index (χ2n) is 3.64. The van der Waals surface area contributed by atoms with Crippen molar-refractivity contribution in [2.24, 2.45) is 5.92 Å². The zero-order chi connectivity index (χ0) is 10.6. The minimum absolute atomic E-state index is 0.106. The van der Waals surface area contributed by atoms with Crippen LogP contribution < -0.4 is 0 Å². The highest BCUT2D eigenvalue weighted by atomic mass is 32.1. The number of carbonyl (C=O) groups excluding carboxylic acids is 1. The molecule has 0 unspecified atom stereocenters. The van der Waals surface area contributed by atoms with Crippen molar-refractivity contribution in [3.05, 3.63) is 0 Å². The molecule has 1 rings (SSSR count). The minimum Gasteiger partial charge on any atom is -0.460 e. The number of thiol groups is 1. The molecule has 0 N–H and O–H groups in total. The number of ether oxygens (including phenoxy) is 1. The van der Waals surface area contributed by atoms with Crippen molar-refractivity contribution in [3.63, 3.8) is 0 Å². The Bertz CT molecular complexity index is 197. The molecule has 0 saturated heterocycles. The average Bonchev–Trinajstić information content (AvgIpc) is 2.14. The number of rotatable bonds is 3. The normalized spacial score (nSPS) is 19.4. The van der Waals surface area contributed by atoms with Gasteiger partial charge in [0, 0.05) is 0 Å². The Labute approximate surface area is 87.4 Å². The van der Waals surface area contributed by atoms with Gasteiger partial charge in [0.05, 0.1) is 6.61 Å². The highest BCUT2D eigenvalue weighted by Gasteiger charge is 2.36. The first-order valence-corrected chi connectivity index (χ1v) is 5.22. The predicted molar refractivity (Wildman–Crippen MR) is 51.5 cm³/mol. The van der Waals surface area contributed by atoms with E-state index in [4.69, 9.17) is 0 Å². The van der Waals surface area contributed by atoms with Gasteiger partial charge in [0.25, 0.3) is 0 Å². The third-order valence-corrected chi connectivity index (χ3v) is 2.60. The Kier molecular flexibility index (Phi) is 4.16. The molecule has 0 bridgehead atoms. The van der Waals surface area contributed by atoms with Crippen LogP contribution in [-0.4, -0.2) is 17.8 Å². The SMILES string of the molecule is O=C(OCC1CCCCC1)C(F)(F)S. The summed E-state index contributed by atoms with van der Waals surface area (Å²) in [5.41, 5.74) is 0. The lowest BCUT2D eigenvalue weighted by Gasteiger charge is -2.21. The van der Waals surface area contributed by atoms with Gasteiger partial charge in [-0.1, -0.05) is 31.9 Å². The summed E-state index contributed by atoms with van der Waals surface area (Å²) in [7, 11) is 0. The van der Waals surface area contributed by atoms with Gasteiger partial charge in [-0.2, -0.15) is 8.78 Å². The van der Waals surface area contributed by atoms with Gasteiger partial charge in [-0.05, 0) is 18.8 Å². The molecule has 0 atom stereocenters. The molecule has 2 nitrogen and oxygen atoms in total. The van der Waals surface area contributed by atoms with Crippen LogP contribution in [0.1, 0.15) is 32.1 Å². The number of carbonyl (C=O) groups is 1. The quantitative estimate of drug-likeness (QED) is 0.589. The van der Waals surface area contributed by atoms with Crippen LogP contribution >= 0.6 is 12.6 Å². The average molecular weight is 224 g/mol. The van der Waals surface area contributed by atoms with Gasteiger partial charge < -0.3 is 4.74 Å². The smallest absolute Gasteiger partial charge is 0.388 e. The second-order valence-corrected chi connectivity index (χ2v) is 4.21. The first-order chi connectivity index (χ1) is 6.50. The summed E-state index contributed by atoms with van der Waals surface area (Å²) in [6.45, 7) is 0.106. The maximum Gasteiger partial charge on any atom is 0.388 e. The summed E-state index contributed by atoms with van der Waals surface area (Å²) in [5.74, 6) is -1.28. The Hall–Kier alpha value is -0.320. The van der Waals surface area contributed by atoms with Crippen LogP contribution in [0.3, 0.4) is 0 Å². The van der Waals surface area contributed by atoms with E-state index >= 15 is 0 Å². The van der Waals surface area contributed by atoms with Crippen LogP contribution in [0.2, 0.25) is 0 Å². The summed E-state index contributed by atoms with van der Waals surface area (Å²) in [6, 6.07) is 0. The van der Waals surface area contributed by atoms with E-state index in [1.807, 2.05) is 0 Å². The van der Waals surface area contributed by atoms with Crippen LogP contribution in [0.4, 0.5) is 8.78 Å². The van der Waals surface area contributed by atoms with E-state index in [-0.39, 0.29) is 12.5 Å². The molecule has 14 heavy (non-hydrogen) atoms. The van der Waals surface area contributed by atoms with Crippen LogP contribution in [0.25, 0.3) is 0 Å². The largest absolute Gasteiger partial charge is 0.460 e. The van der Waals surface area contributed by atoms with Gasteiger partial charge in [-0.25, -0.2) is 4.79 Å². The molecule has 0 radical (unpaired) electrons. The van der Waals surface area contributed by atoms with Crippen molar-refractivity contribution >= 4 is 18.6 Å².